The van der Waals surface area contributed by atoms with Crippen LogP contribution >= 0.6 is 0 Å². The Morgan fingerprint density at radius 1 is 1.40 bits per heavy atom. The van der Waals surface area contributed by atoms with Gasteiger partial charge in [-0.25, -0.2) is 4.68 Å². The fraction of sp³-hybridized carbons (Fsp3) is 0.400. The van der Waals surface area contributed by atoms with Crippen LogP contribution in [-0.2, 0) is 11.3 Å². The average Bonchev–Trinajstić information content (AvgIpc) is 2.68. The van der Waals surface area contributed by atoms with Gasteiger partial charge in [0.1, 0.15) is 0 Å². The highest BCUT2D eigenvalue weighted by molar-refractivity contribution is 5.71. The van der Waals surface area contributed by atoms with Crippen molar-refractivity contribution in [3.63, 3.8) is 0 Å². The number of hydrogen-bond acceptors (Lipinski definition) is 4. The first kappa shape index (κ1) is 14.4. The van der Waals surface area contributed by atoms with Crippen molar-refractivity contribution >= 4 is 17.2 Å². The summed E-state index contributed by atoms with van der Waals surface area (Å²) in [7, 11) is 1.69. The van der Waals surface area contributed by atoms with Gasteiger partial charge in [-0.15, -0.1) is 0 Å². The SMILES string of the molecule is COCc1cccc(Nc2c(N)c(C)nn2C(C)C)c1. The Bertz CT molecular complexity index is 590. The van der Waals surface area contributed by atoms with Crippen molar-refractivity contribution in [2.75, 3.05) is 18.2 Å². The number of nitrogen functional groups attached to an aromatic ring is 1. The molecule has 0 atom stereocenters. The van der Waals surface area contributed by atoms with E-state index < -0.39 is 0 Å². The minimum absolute atomic E-state index is 0.246. The van der Waals surface area contributed by atoms with Crippen molar-refractivity contribution in [3.05, 3.63) is 35.5 Å². The zero-order valence-electron chi connectivity index (χ0n) is 12.5. The summed E-state index contributed by atoms with van der Waals surface area (Å²) < 4.78 is 7.06. The van der Waals surface area contributed by atoms with Crippen LogP contribution in [-0.4, -0.2) is 16.9 Å². The third kappa shape index (κ3) is 2.93. The third-order valence-corrected chi connectivity index (χ3v) is 3.12. The third-order valence-electron chi connectivity index (χ3n) is 3.12. The lowest BCUT2D eigenvalue weighted by Crippen LogP contribution is -2.08. The Morgan fingerprint density at radius 2 is 2.15 bits per heavy atom. The van der Waals surface area contributed by atoms with Crippen LogP contribution in [0.3, 0.4) is 0 Å². The van der Waals surface area contributed by atoms with Crippen LogP contribution in [0, 0.1) is 6.92 Å². The number of nitrogens with one attached hydrogen (secondary N) is 1. The molecule has 2 aromatic rings. The van der Waals surface area contributed by atoms with E-state index in [-0.39, 0.29) is 6.04 Å². The van der Waals surface area contributed by atoms with E-state index in [4.69, 9.17) is 10.5 Å². The standard InChI is InChI=1S/C15H22N4O/c1-10(2)19-15(14(16)11(3)18-19)17-13-7-5-6-12(8-13)9-20-4/h5-8,10,17H,9,16H2,1-4H3. The van der Waals surface area contributed by atoms with Crippen LogP contribution in [0.15, 0.2) is 24.3 Å². The normalized spacial score (nSPS) is 11.1. The smallest absolute Gasteiger partial charge is 0.152 e. The Labute approximate surface area is 119 Å². The molecular formula is C15H22N4O. The largest absolute Gasteiger partial charge is 0.394 e. The summed E-state index contributed by atoms with van der Waals surface area (Å²) in [4.78, 5) is 0. The van der Waals surface area contributed by atoms with Gasteiger partial charge in [-0.3, -0.25) is 0 Å². The zero-order chi connectivity index (χ0) is 14.7. The molecular weight excluding hydrogens is 252 g/mol. The second-order valence-electron chi connectivity index (χ2n) is 5.14. The predicted octanol–water partition coefficient (Wildman–Crippen LogP) is 3.24. The molecule has 0 amide bonds. The summed E-state index contributed by atoms with van der Waals surface area (Å²) in [6, 6.07) is 8.33. The molecule has 108 valence electrons. The monoisotopic (exact) mass is 274 g/mol. The van der Waals surface area contributed by atoms with Gasteiger partial charge in [0.2, 0.25) is 0 Å². The van der Waals surface area contributed by atoms with E-state index in [1.165, 1.54) is 0 Å². The van der Waals surface area contributed by atoms with Gasteiger partial charge < -0.3 is 15.8 Å². The van der Waals surface area contributed by atoms with Crippen LogP contribution in [0.2, 0.25) is 0 Å². The van der Waals surface area contributed by atoms with Gasteiger partial charge in [-0.1, -0.05) is 12.1 Å². The number of nitrogens with two attached hydrogens (primary N) is 1. The molecule has 0 spiro atoms. The van der Waals surface area contributed by atoms with E-state index in [0.29, 0.717) is 12.3 Å². The van der Waals surface area contributed by atoms with Crippen molar-refractivity contribution in [1.29, 1.82) is 0 Å². The summed E-state index contributed by atoms with van der Waals surface area (Å²) >= 11 is 0. The van der Waals surface area contributed by atoms with Gasteiger partial charge in [0.15, 0.2) is 5.82 Å². The number of rotatable bonds is 5. The summed E-state index contributed by atoms with van der Waals surface area (Å²) in [6.07, 6.45) is 0. The molecule has 3 N–H and O–H groups in total. The molecule has 0 aliphatic carbocycles. The molecule has 20 heavy (non-hydrogen) atoms. The number of aromatic nitrogens is 2. The molecule has 0 saturated heterocycles. The van der Waals surface area contributed by atoms with Gasteiger partial charge in [0.05, 0.1) is 18.0 Å². The van der Waals surface area contributed by atoms with Crippen LogP contribution in [0.25, 0.3) is 0 Å². The van der Waals surface area contributed by atoms with Gasteiger partial charge in [-0.05, 0) is 38.5 Å². The quantitative estimate of drug-likeness (QED) is 0.878. The summed E-state index contributed by atoms with van der Waals surface area (Å²) in [5.41, 5.74) is 9.74. The molecule has 0 aliphatic heterocycles. The first-order valence-electron chi connectivity index (χ1n) is 6.72. The molecule has 5 heteroatoms. The van der Waals surface area contributed by atoms with Crippen molar-refractivity contribution < 1.29 is 4.74 Å². The molecule has 0 saturated carbocycles. The molecule has 2 rings (SSSR count). The van der Waals surface area contributed by atoms with Crippen LogP contribution in [0.1, 0.15) is 31.1 Å². The minimum atomic E-state index is 0.246. The second-order valence-corrected chi connectivity index (χ2v) is 5.14. The molecule has 1 heterocycles. The number of hydrogen-bond donors (Lipinski definition) is 2. The number of methoxy groups -OCH3 is 1. The molecule has 0 radical (unpaired) electrons. The fourth-order valence-electron chi connectivity index (χ4n) is 2.10. The van der Waals surface area contributed by atoms with E-state index in [1.807, 2.05) is 29.8 Å². The minimum Gasteiger partial charge on any atom is -0.394 e. The van der Waals surface area contributed by atoms with Crippen molar-refractivity contribution in [3.8, 4) is 0 Å². The molecule has 0 bridgehead atoms. The van der Waals surface area contributed by atoms with Crippen LogP contribution < -0.4 is 11.1 Å². The van der Waals surface area contributed by atoms with Gasteiger partial charge >= 0.3 is 0 Å². The molecule has 5 nitrogen and oxygen atoms in total. The number of ether oxygens (including phenoxy) is 1. The van der Waals surface area contributed by atoms with E-state index in [0.717, 1.165) is 22.8 Å². The van der Waals surface area contributed by atoms with E-state index in [2.05, 4.69) is 30.3 Å². The Balaban J connectivity index is 2.32. The lowest BCUT2D eigenvalue weighted by Gasteiger charge is -2.14. The van der Waals surface area contributed by atoms with Gasteiger partial charge in [-0.2, -0.15) is 5.10 Å². The summed E-state index contributed by atoms with van der Waals surface area (Å²) in [5.74, 6) is 0.840. The van der Waals surface area contributed by atoms with E-state index >= 15 is 0 Å². The first-order valence-corrected chi connectivity index (χ1v) is 6.72. The predicted molar refractivity (Wildman–Crippen MR) is 82.2 cm³/mol. The highest BCUT2D eigenvalue weighted by Crippen LogP contribution is 2.28. The molecule has 0 unspecified atom stereocenters. The maximum atomic E-state index is 6.12. The maximum absolute atomic E-state index is 6.12. The van der Waals surface area contributed by atoms with E-state index in [9.17, 15) is 0 Å². The Morgan fingerprint density at radius 3 is 2.80 bits per heavy atom. The highest BCUT2D eigenvalue weighted by Gasteiger charge is 2.14. The van der Waals surface area contributed by atoms with Crippen molar-refractivity contribution in [2.45, 2.75) is 33.4 Å². The number of nitrogens with zero attached hydrogens (tertiary/aromatic N) is 2. The van der Waals surface area contributed by atoms with Crippen molar-refractivity contribution in [1.82, 2.24) is 9.78 Å². The lowest BCUT2D eigenvalue weighted by atomic mass is 10.2. The molecule has 1 aromatic carbocycles. The second kappa shape index (κ2) is 5.96. The van der Waals surface area contributed by atoms with Crippen LogP contribution in [0.5, 0.6) is 0 Å². The number of aryl methyl sites for hydroxylation is 1. The Hall–Kier alpha value is -2.01. The van der Waals surface area contributed by atoms with Gasteiger partial charge in [0.25, 0.3) is 0 Å². The lowest BCUT2D eigenvalue weighted by molar-refractivity contribution is 0.185. The van der Waals surface area contributed by atoms with Crippen LogP contribution in [0.4, 0.5) is 17.2 Å². The zero-order valence-corrected chi connectivity index (χ0v) is 12.5. The van der Waals surface area contributed by atoms with Gasteiger partial charge in [0, 0.05) is 18.8 Å². The summed E-state index contributed by atoms with van der Waals surface area (Å²) in [6.45, 7) is 6.67. The number of anilines is 3. The molecule has 0 fully saturated rings. The highest BCUT2D eigenvalue weighted by atomic mass is 16.5. The van der Waals surface area contributed by atoms with Crippen molar-refractivity contribution in [2.24, 2.45) is 0 Å². The number of benzene rings is 1. The average molecular weight is 274 g/mol. The Kier molecular flexibility index (Phi) is 4.29. The molecule has 1 aromatic heterocycles. The maximum Gasteiger partial charge on any atom is 0.152 e. The topological polar surface area (TPSA) is 65.1 Å². The van der Waals surface area contributed by atoms with E-state index in [1.54, 1.807) is 7.11 Å². The summed E-state index contributed by atoms with van der Waals surface area (Å²) in [5, 5.41) is 7.83. The molecule has 0 aliphatic rings. The fourth-order valence-corrected chi connectivity index (χ4v) is 2.10. The first-order chi connectivity index (χ1) is 9.52.